The number of benzene rings is 1. The Morgan fingerprint density at radius 2 is 2.29 bits per heavy atom. The van der Waals surface area contributed by atoms with Crippen LogP contribution in [0.3, 0.4) is 0 Å². The van der Waals surface area contributed by atoms with E-state index in [9.17, 15) is 4.79 Å². The van der Waals surface area contributed by atoms with Crippen molar-refractivity contribution in [3.63, 3.8) is 0 Å². The Morgan fingerprint density at radius 3 is 2.71 bits per heavy atom. The van der Waals surface area contributed by atoms with Gasteiger partial charge < -0.3 is 0 Å². The molecule has 0 bridgehead atoms. The summed E-state index contributed by atoms with van der Waals surface area (Å²) in [6.07, 6.45) is 0. The second-order valence-electron chi connectivity index (χ2n) is 2.82. The maximum absolute atomic E-state index is 11.1. The molecule has 0 radical (unpaired) electrons. The minimum Gasteiger partial charge on any atom is -0.298 e. The third-order valence-corrected chi connectivity index (χ3v) is 3.83. The predicted octanol–water partition coefficient (Wildman–Crippen LogP) is 3.19. The minimum atomic E-state index is -0.274. The number of nitriles is 1. The highest BCUT2D eigenvalue weighted by Crippen LogP contribution is 2.26. The van der Waals surface area contributed by atoms with Crippen molar-refractivity contribution in [2.45, 2.75) is 11.8 Å². The molecule has 0 saturated heterocycles. The highest BCUT2D eigenvalue weighted by Gasteiger charge is 2.13. The Bertz CT molecular complexity index is 411. The number of carbonyl (C=O) groups is 1. The van der Waals surface area contributed by atoms with Gasteiger partial charge >= 0.3 is 0 Å². The van der Waals surface area contributed by atoms with Crippen LogP contribution in [0.5, 0.6) is 0 Å². The monoisotopic (exact) mass is 363 g/mol. The zero-order chi connectivity index (χ0) is 10.7. The molecule has 1 aromatic rings. The van der Waals surface area contributed by atoms with Crippen molar-refractivity contribution >= 4 is 44.3 Å². The zero-order valence-electron chi connectivity index (χ0n) is 7.42. The lowest BCUT2D eigenvalue weighted by atomic mass is 10.1. The van der Waals surface area contributed by atoms with Crippen LogP contribution in [-0.2, 0) is 4.79 Å². The van der Waals surface area contributed by atoms with Crippen molar-refractivity contribution in [2.75, 3.05) is 0 Å². The fourth-order valence-corrected chi connectivity index (χ4v) is 1.96. The second-order valence-corrected chi connectivity index (χ2v) is 4.90. The lowest BCUT2D eigenvalue weighted by Crippen LogP contribution is -2.01. The Balaban J connectivity index is 3.10. The Labute approximate surface area is 105 Å². The van der Waals surface area contributed by atoms with Gasteiger partial charge in [-0.15, -0.1) is 0 Å². The van der Waals surface area contributed by atoms with Crippen LogP contribution >= 0.6 is 38.5 Å². The first-order valence-electron chi connectivity index (χ1n) is 3.90. The molecule has 4 heteroatoms. The van der Waals surface area contributed by atoms with Gasteiger partial charge in [-0.2, -0.15) is 5.26 Å². The summed E-state index contributed by atoms with van der Waals surface area (Å²) in [6, 6.07) is 7.45. The van der Waals surface area contributed by atoms with Crippen LogP contribution in [0.2, 0.25) is 0 Å². The fourth-order valence-electron chi connectivity index (χ4n) is 1.01. The number of nitrogens with zero attached hydrogens (tertiary/aromatic N) is 1. The van der Waals surface area contributed by atoms with E-state index in [0.29, 0.717) is 5.56 Å². The van der Waals surface area contributed by atoms with E-state index in [1.165, 1.54) is 6.92 Å². The summed E-state index contributed by atoms with van der Waals surface area (Å²) in [7, 11) is 0. The van der Waals surface area contributed by atoms with Gasteiger partial charge in [0.05, 0.1) is 10.4 Å². The number of halogens is 2. The van der Waals surface area contributed by atoms with Gasteiger partial charge in [0.1, 0.15) is 11.9 Å². The highest BCUT2D eigenvalue weighted by molar-refractivity contribution is 14.1. The normalized spacial score (nSPS) is 11.9. The molecule has 0 spiro atoms. The predicted molar refractivity (Wildman–Crippen MR) is 66.2 cm³/mol. The van der Waals surface area contributed by atoms with Crippen LogP contribution in [0.15, 0.2) is 18.2 Å². The number of carbonyl (C=O) groups excluding carboxylic acids is 1. The summed E-state index contributed by atoms with van der Waals surface area (Å²) in [4.78, 5) is 10.8. The minimum absolute atomic E-state index is 0.0607. The highest BCUT2D eigenvalue weighted by atomic mass is 127. The topological polar surface area (TPSA) is 40.9 Å². The molecule has 1 aromatic carbocycles. The molecule has 0 aromatic heterocycles. The van der Waals surface area contributed by atoms with Gasteiger partial charge in [0, 0.05) is 3.57 Å². The second kappa shape index (κ2) is 4.89. The molecule has 0 fully saturated rings. The number of hydrogen-bond donors (Lipinski definition) is 0. The van der Waals surface area contributed by atoms with E-state index in [1.807, 2.05) is 6.07 Å². The fraction of sp³-hybridized carbons (Fsp3) is 0.200. The molecule has 0 aliphatic heterocycles. The maximum atomic E-state index is 11.1. The molecular weight excluding hydrogens is 357 g/mol. The number of ketones is 1. The average molecular weight is 364 g/mol. The zero-order valence-corrected chi connectivity index (χ0v) is 11.2. The third kappa shape index (κ3) is 2.55. The van der Waals surface area contributed by atoms with Crippen LogP contribution < -0.4 is 0 Å². The standard InChI is InChI=1S/C10H7BrINO/c1-6(14)10(11)7-2-3-8(5-13)9(12)4-7/h2-4,10H,1H3. The largest absolute Gasteiger partial charge is 0.298 e. The van der Waals surface area contributed by atoms with Crippen molar-refractivity contribution in [1.82, 2.24) is 0 Å². The van der Waals surface area contributed by atoms with Gasteiger partial charge in [-0.3, -0.25) is 4.79 Å². The molecule has 0 aliphatic carbocycles. The van der Waals surface area contributed by atoms with Crippen molar-refractivity contribution in [2.24, 2.45) is 0 Å². The molecule has 1 rings (SSSR count). The summed E-state index contributed by atoms with van der Waals surface area (Å²) in [5.41, 5.74) is 1.53. The molecule has 2 nitrogen and oxygen atoms in total. The molecule has 0 amide bonds. The van der Waals surface area contributed by atoms with Crippen molar-refractivity contribution in [3.05, 3.63) is 32.9 Å². The first-order valence-corrected chi connectivity index (χ1v) is 5.89. The van der Waals surface area contributed by atoms with Crippen LogP contribution in [0.1, 0.15) is 22.9 Å². The van der Waals surface area contributed by atoms with E-state index in [-0.39, 0.29) is 10.6 Å². The number of alkyl halides is 1. The SMILES string of the molecule is CC(=O)C(Br)c1ccc(C#N)c(I)c1. The molecule has 0 N–H and O–H groups in total. The summed E-state index contributed by atoms with van der Waals surface area (Å²) >= 11 is 5.38. The van der Waals surface area contributed by atoms with Crippen molar-refractivity contribution in [3.8, 4) is 6.07 Å². The van der Waals surface area contributed by atoms with Crippen molar-refractivity contribution in [1.29, 1.82) is 5.26 Å². The van der Waals surface area contributed by atoms with E-state index in [1.54, 1.807) is 12.1 Å². The van der Waals surface area contributed by atoms with Gasteiger partial charge in [-0.1, -0.05) is 22.0 Å². The van der Waals surface area contributed by atoms with Crippen LogP contribution in [0, 0.1) is 14.9 Å². The molecule has 1 atom stereocenters. The van der Waals surface area contributed by atoms with Gasteiger partial charge in [0.25, 0.3) is 0 Å². The summed E-state index contributed by atoms with van der Waals surface area (Å²) < 4.78 is 0.869. The van der Waals surface area contributed by atoms with Crippen LogP contribution in [0.25, 0.3) is 0 Å². The molecule has 0 aliphatic rings. The molecule has 14 heavy (non-hydrogen) atoms. The lowest BCUT2D eigenvalue weighted by molar-refractivity contribution is -0.116. The van der Waals surface area contributed by atoms with Crippen LogP contribution in [-0.4, -0.2) is 5.78 Å². The average Bonchev–Trinajstić information content (AvgIpc) is 2.16. The van der Waals surface area contributed by atoms with E-state index < -0.39 is 0 Å². The van der Waals surface area contributed by atoms with E-state index in [2.05, 4.69) is 44.6 Å². The third-order valence-electron chi connectivity index (χ3n) is 1.76. The first kappa shape index (κ1) is 11.7. The molecular formula is C10H7BrINO. The Hall–Kier alpha value is -0.410. The van der Waals surface area contributed by atoms with E-state index >= 15 is 0 Å². The van der Waals surface area contributed by atoms with Crippen LogP contribution in [0.4, 0.5) is 0 Å². The first-order chi connectivity index (χ1) is 6.56. The number of Topliss-reactive ketones (excluding diaryl/α,β-unsaturated/α-hetero) is 1. The Morgan fingerprint density at radius 1 is 1.64 bits per heavy atom. The molecule has 72 valence electrons. The Kier molecular flexibility index (Phi) is 4.08. The maximum Gasteiger partial charge on any atom is 0.147 e. The van der Waals surface area contributed by atoms with Gasteiger partial charge in [-0.05, 0) is 47.2 Å². The molecule has 0 saturated carbocycles. The van der Waals surface area contributed by atoms with Gasteiger partial charge in [0.2, 0.25) is 0 Å². The molecule has 0 heterocycles. The lowest BCUT2D eigenvalue weighted by Gasteiger charge is -2.06. The van der Waals surface area contributed by atoms with E-state index in [0.717, 1.165) is 9.13 Å². The molecule has 1 unspecified atom stereocenters. The quantitative estimate of drug-likeness (QED) is 0.598. The van der Waals surface area contributed by atoms with E-state index in [4.69, 9.17) is 5.26 Å². The van der Waals surface area contributed by atoms with Gasteiger partial charge in [0.15, 0.2) is 0 Å². The summed E-state index contributed by atoms with van der Waals surface area (Å²) in [6.45, 7) is 1.53. The van der Waals surface area contributed by atoms with Gasteiger partial charge in [-0.25, -0.2) is 0 Å². The number of rotatable bonds is 2. The van der Waals surface area contributed by atoms with Crippen molar-refractivity contribution < 1.29 is 4.79 Å². The summed E-state index contributed by atoms with van der Waals surface area (Å²) in [5.74, 6) is 0.0607. The summed E-state index contributed by atoms with van der Waals surface area (Å²) in [5, 5.41) is 8.72. The smallest absolute Gasteiger partial charge is 0.147 e. The number of hydrogen-bond acceptors (Lipinski definition) is 2.